The SMILES string of the molecule is CNC(=O)C(NC(=O)c1ccc(F)cc1C(F)(F)F)C(OC(=O)N(C)c1ccccc1)c1ccccc1C. The average Bonchev–Trinajstić information content (AvgIpc) is 2.89. The van der Waals surface area contributed by atoms with Crippen LogP contribution in [0.15, 0.2) is 72.8 Å². The Kier molecular flexibility index (Phi) is 8.72. The largest absolute Gasteiger partial charge is 0.438 e. The maximum Gasteiger partial charge on any atom is 0.417 e. The highest BCUT2D eigenvalue weighted by Gasteiger charge is 2.39. The van der Waals surface area contributed by atoms with Crippen LogP contribution in [0.1, 0.15) is 33.2 Å². The second-order valence-corrected chi connectivity index (χ2v) is 8.31. The fourth-order valence-electron chi connectivity index (χ4n) is 3.76. The lowest BCUT2D eigenvalue weighted by Crippen LogP contribution is -2.51. The molecule has 0 radical (unpaired) electrons. The molecule has 2 unspecified atom stereocenters. The maximum absolute atomic E-state index is 13.6. The smallest absolute Gasteiger partial charge is 0.417 e. The molecule has 0 aliphatic carbocycles. The first kappa shape index (κ1) is 28.2. The molecule has 3 aromatic rings. The van der Waals surface area contributed by atoms with Crippen LogP contribution in [-0.4, -0.2) is 38.0 Å². The van der Waals surface area contributed by atoms with Crippen LogP contribution < -0.4 is 15.5 Å². The van der Waals surface area contributed by atoms with Gasteiger partial charge in [0.1, 0.15) is 11.9 Å². The van der Waals surface area contributed by atoms with Gasteiger partial charge in [-0.25, -0.2) is 9.18 Å². The van der Waals surface area contributed by atoms with E-state index in [1.807, 2.05) is 0 Å². The minimum atomic E-state index is -5.04. The van der Waals surface area contributed by atoms with E-state index in [0.717, 1.165) is 0 Å². The number of alkyl halides is 3. The molecule has 0 fully saturated rings. The molecule has 0 aliphatic rings. The van der Waals surface area contributed by atoms with Crippen molar-refractivity contribution in [2.45, 2.75) is 25.2 Å². The first-order valence-corrected chi connectivity index (χ1v) is 11.4. The second kappa shape index (κ2) is 11.8. The molecule has 0 bridgehead atoms. The van der Waals surface area contributed by atoms with Crippen LogP contribution in [-0.2, 0) is 15.7 Å². The number of nitrogens with zero attached hydrogens (tertiary/aromatic N) is 1. The van der Waals surface area contributed by atoms with E-state index in [2.05, 4.69) is 10.6 Å². The van der Waals surface area contributed by atoms with Crippen LogP contribution in [0.4, 0.5) is 28.0 Å². The number of anilines is 1. The van der Waals surface area contributed by atoms with Gasteiger partial charge in [-0.2, -0.15) is 13.2 Å². The second-order valence-electron chi connectivity index (χ2n) is 8.31. The number of hydrogen-bond acceptors (Lipinski definition) is 4. The van der Waals surface area contributed by atoms with Gasteiger partial charge in [0.15, 0.2) is 6.10 Å². The number of halogens is 4. The van der Waals surface area contributed by atoms with E-state index >= 15 is 0 Å². The van der Waals surface area contributed by atoms with Crippen LogP contribution in [0.5, 0.6) is 0 Å². The number of aryl methyl sites for hydroxylation is 1. The van der Waals surface area contributed by atoms with Crippen LogP contribution in [0.25, 0.3) is 0 Å². The van der Waals surface area contributed by atoms with E-state index in [0.29, 0.717) is 28.9 Å². The molecule has 7 nitrogen and oxygen atoms in total. The van der Waals surface area contributed by atoms with Crippen molar-refractivity contribution in [2.75, 3.05) is 19.0 Å². The molecular formula is C27H25F4N3O4. The van der Waals surface area contributed by atoms with Gasteiger partial charge in [-0.15, -0.1) is 0 Å². The predicted octanol–water partition coefficient (Wildman–Crippen LogP) is 5.01. The number of hydrogen-bond donors (Lipinski definition) is 2. The monoisotopic (exact) mass is 531 g/mol. The summed E-state index contributed by atoms with van der Waals surface area (Å²) in [7, 11) is 2.70. The number of likely N-dealkylation sites (N-methyl/N-ethyl adjacent to an activating group) is 1. The molecule has 3 aromatic carbocycles. The van der Waals surface area contributed by atoms with Crippen molar-refractivity contribution in [3.63, 3.8) is 0 Å². The third kappa shape index (κ3) is 6.47. The highest BCUT2D eigenvalue weighted by atomic mass is 19.4. The third-order valence-corrected chi connectivity index (χ3v) is 5.79. The quantitative estimate of drug-likeness (QED) is 0.420. The molecule has 200 valence electrons. The summed E-state index contributed by atoms with van der Waals surface area (Å²) in [6, 6.07) is 14.9. The lowest BCUT2D eigenvalue weighted by Gasteiger charge is -2.30. The van der Waals surface area contributed by atoms with Crippen molar-refractivity contribution in [1.29, 1.82) is 0 Å². The van der Waals surface area contributed by atoms with E-state index in [4.69, 9.17) is 4.74 Å². The van der Waals surface area contributed by atoms with Crippen molar-refractivity contribution in [3.05, 3.63) is 101 Å². The number of nitrogens with one attached hydrogen (secondary N) is 2. The molecular weight excluding hydrogens is 506 g/mol. The minimum Gasteiger partial charge on any atom is -0.438 e. The van der Waals surface area contributed by atoms with E-state index < -0.39 is 53.2 Å². The number of para-hydroxylation sites is 1. The Morgan fingerprint density at radius 2 is 1.58 bits per heavy atom. The van der Waals surface area contributed by atoms with E-state index in [1.54, 1.807) is 61.5 Å². The molecule has 0 spiro atoms. The lowest BCUT2D eigenvalue weighted by molar-refractivity contribution is -0.138. The average molecular weight is 532 g/mol. The molecule has 0 aromatic heterocycles. The first-order valence-electron chi connectivity index (χ1n) is 11.4. The van der Waals surface area contributed by atoms with Crippen LogP contribution in [0.2, 0.25) is 0 Å². The van der Waals surface area contributed by atoms with Gasteiger partial charge in [-0.3, -0.25) is 14.5 Å². The van der Waals surface area contributed by atoms with Crippen molar-refractivity contribution in [1.82, 2.24) is 10.6 Å². The van der Waals surface area contributed by atoms with Crippen LogP contribution in [0, 0.1) is 12.7 Å². The molecule has 3 rings (SSSR count). The molecule has 0 heterocycles. The fraction of sp³-hybridized carbons (Fsp3) is 0.222. The summed E-state index contributed by atoms with van der Waals surface area (Å²) in [5, 5.41) is 4.60. The molecule has 11 heteroatoms. The fourth-order valence-corrected chi connectivity index (χ4v) is 3.76. The number of carbonyl (C=O) groups excluding carboxylic acids is 3. The Hall–Kier alpha value is -4.41. The standard InChI is InChI=1S/C27H25F4N3O4/c1-16-9-7-8-12-19(16)23(38-26(37)34(3)18-10-5-4-6-11-18)22(25(36)32-2)33-24(35)20-14-13-17(28)15-21(20)27(29,30)31/h4-15,22-23H,1-3H3,(H,32,36)(H,33,35). The van der Waals surface area contributed by atoms with E-state index in [-0.39, 0.29) is 6.07 Å². The van der Waals surface area contributed by atoms with Gasteiger partial charge in [0.05, 0.1) is 11.1 Å². The molecule has 38 heavy (non-hydrogen) atoms. The van der Waals surface area contributed by atoms with Gasteiger partial charge in [-0.1, -0.05) is 42.5 Å². The molecule has 0 saturated heterocycles. The molecule has 3 amide bonds. The van der Waals surface area contributed by atoms with Gasteiger partial charge >= 0.3 is 12.3 Å². The Balaban J connectivity index is 2.04. The van der Waals surface area contributed by atoms with Gasteiger partial charge in [0.25, 0.3) is 5.91 Å². The summed E-state index contributed by atoms with van der Waals surface area (Å²) in [6.45, 7) is 1.68. The Bertz CT molecular complexity index is 1320. The van der Waals surface area contributed by atoms with Crippen molar-refractivity contribution < 1.29 is 36.7 Å². The van der Waals surface area contributed by atoms with E-state index in [9.17, 15) is 31.9 Å². The first-order chi connectivity index (χ1) is 17.9. The zero-order chi connectivity index (χ0) is 28.0. The zero-order valence-electron chi connectivity index (χ0n) is 20.7. The van der Waals surface area contributed by atoms with Crippen LogP contribution >= 0.6 is 0 Å². The van der Waals surface area contributed by atoms with E-state index in [1.165, 1.54) is 19.0 Å². The van der Waals surface area contributed by atoms with Gasteiger partial charge in [-0.05, 0) is 48.4 Å². The summed E-state index contributed by atoms with van der Waals surface area (Å²) in [6.07, 6.45) is -7.36. The maximum atomic E-state index is 13.6. The molecule has 0 aliphatic heterocycles. The number of rotatable bonds is 7. The highest BCUT2D eigenvalue weighted by Crippen LogP contribution is 2.33. The van der Waals surface area contributed by atoms with Crippen molar-refractivity contribution >= 4 is 23.6 Å². The highest BCUT2D eigenvalue weighted by molar-refractivity contribution is 5.99. The number of ether oxygens (including phenoxy) is 1. The zero-order valence-corrected chi connectivity index (χ0v) is 20.7. The molecule has 2 atom stereocenters. The number of benzene rings is 3. The topological polar surface area (TPSA) is 87.7 Å². The summed E-state index contributed by atoms with van der Waals surface area (Å²) < 4.78 is 59.9. The number of amides is 3. The Morgan fingerprint density at radius 1 is 0.947 bits per heavy atom. The predicted molar refractivity (Wildman–Crippen MR) is 132 cm³/mol. The van der Waals surface area contributed by atoms with Gasteiger partial charge in [0, 0.05) is 19.8 Å². The van der Waals surface area contributed by atoms with Crippen molar-refractivity contribution in [2.24, 2.45) is 0 Å². The molecule has 0 saturated carbocycles. The summed E-state index contributed by atoms with van der Waals surface area (Å²) in [4.78, 5) is 40.3. The third-order valence-electron chi connectivity index (χ3n) is 5.79. The minimum absolute atomic E-state index is 0.192. The lowest BCUT2D eigenvalue weighted by atomic mass is 9.96. The van der Waals surface area contributed by atoms with Gasteiger partial charge in [0.2, 0.25) is 5.91 Å². The Morgan fingerprint density at radius 3 is 2.18 bits per heavy atom. The number of carbonyl (C=O) groups is 3. The van der Waals surface area contributed by atoms with Crippen molar-refractivity contribution in [3.8, 4) is 0 Å². The summed E-state index contributed by atoms with van der Waals surface area (Å²) in [5.74, 6) is -3.33. The van der Waals surface area contributed by atoms with Gasteiger partial charge < -0.3 is 15.4 Å². The normalized spacial score (nSPS) is 12.7. The molecule has 2 N–H and O–H groups in total. The summed E-state index contributed by atoms with van der Waals surface area (Å²) >= 11 is 0. The van der Waals surface area contributed by atoms with Crippen LogP contribution in [0.3, 0.4) is 0 Å². The summed E-state index contributed by atoms with van der Waals surface area (Å²) in [5.41, 5.74) is -1.01. The Labute approximate surface area is 216 Å².